The van der Waals surface area contributed by atoms with Crippen LogP contribution < -0.4 is 0 Å². The van der Waals surface area contributed by atoms with Crippen molar-refractivity contribution in [3.05, 3.63) is 89.6 Å². The van der Waals surface area contributed by atoms with E-state index in [1.807, 2.05) is 24.4 Å². The highest BCUT2D eigenvalue weighted by Crippen LogP contribution is 2.71. The summed E-state index contributed by atoms with van der Waals surface area (Å²) in [5, 5.41) is 50.9. The van der Waals surface area contributed by atoms with Crippen LogP contribution in [0.5, 0.6) is 0 Å². The molecule has 20 rings (SSSR count). The lowest BCUT2D eigenvalue weighted by Gasteiger charge is -2.57. The molecule has 4 N–H and O–H groups in total. The molecule has 0 amide bonds. The number of hydrogen-bond acceptors (Lipinski definition) is 13. The molecule has 16 fully saturated rings. The lowest BCUT2D eigenvalue weighted by molar-refractivity contribution is -0.282. The summed E-state index contributed by atoms with van der Waals surface area (Å²) in [6, 6.07) is 16.6. The third-order valence-corrected chi connectivity index (χ3v) is 42.8. The molecule has 16 aliphatic carbocycles. The van der Waals surface area contributed by atoms with Crippen molar-refractivity contribution in [3.8, 4) is 0 Å². The van der Waals surface area contributed by atoms with Gasteiger partial charge in [0.2, 0.25) is 0 Å². The summed E-state index contributed by atoms with van der Waals surface area (Å²) in [4.78, 5) is 57.8. The number of carbonyl (C=O) groups excluding carboxylic acids is 4. The van der Waals surface area contributed by atoms with Gasteiger partial charge in [-0.3, -0.25) is 19.2 Å². The van der Waals surface area contributed by atoms with Crippen LogP contribution in [0, 0.1) is 164 Å². The van der Waals surface area contributed by atoms with E-state index in [2.05, 4.69) is 87.2 Å². The molecule has 118 heavy (non-hydrogen) atoms. The molecular weight excluding hydrogens is 1550 g/mol. The van der Waals surface area contributed by atoms with Crippen molar-refractivity contribution in [1.82, 2.24) is 0 Å². The van der Waals surface area contributed by atoms with E-state index in [4.69, 9.17) is 4.74 Å². The normalized spacial score (nSPS) is 46.2. The molecule has 4 aromatic rings. The minimum absolute atomic E-state index is 0.0105. The van der Waals surface area contributed by atoms with Gasteiger partial charge in [-0.25, -0.2) is 0 Å². The zero-order valence-corrected chi connectivity index (χ0v) is 75.8. The smallest absolute Gasteiger partial charge is 0.390 e. The molecule has 16 saturated carbocycles. The van der Waals surface area contributed by atoms with Crippen molar-refractivity contribution in [1.29, 1.82) is 0 Å². The van der Waals surface area contributed by atoms with Crippen molar-refractivity contribution in [2.24, 2.45) is 164 Å². The van der Waals surface area contributed by atoms with Crippen LogP contribution in [0.25, 0.3) is 0 Å². The van der Waals surface area contributed by atoms with Gasteiger partial charge < -0.3 is 25.2 Å². The maximum atomic E-state index is 13.4. The summed E-state index contributed by atoms with van der Waals surface area (Å²) in [6.07, 6.45) is 37.2. The quantitative estimate of drug-likeness (QED) is 0.0909. The molecule has 0 unspecified atom stereocenters. The van der Waals surface area contributed by atoms with E-state index >= 15 is 0 Å². The van der Waals surface area contributed by atoms with Crippen molar-refractivity contribution < 1.29 is 57.5 Å². The molecule has 0 bridgehead atoms. The standard InChI is InChI=1S/C26H38O3S.C26H38O2S.C25H33F3O2S.C25H36O2S/c1-25-11-9-20-19-10-12-26(28,16-29-2)15-17(19)5-6-21(20)22(25)7-8-23(25)24(27)14-18-4-3-13-30-18;1-3-26(28)13-11-19-17(16-26)6-7-21-20(19)10-12-25(2)22(21)8-9-23(25)24(27)15-18-5-4-14-29-18;1-23-10-8-18-17-9-11-24(30,25(26,27)28)14-15(17)4-5-19(18)20(23)6-7-21(23)22(29)13-16-3-2-12-31-16;1-24(27)11-9-18-16(15-24)5-6-20-19(18)10-12-25(2)21(20)7-8-22(25)23(26)14-17-4-3-13-28-17/h3-4,13,17,19-23,28H,5-12,14-16H2,1-2H3;4-5,14,17,19-23,28H,3,6-13,15-16H2,1-2H3;2-3,12,15,17-21,30H,4-11,13-14H2,1H3;3-4,13,16,18-22,27H,5-12,14-15H2,1-2H3/t2*17-,19+,20-,21-,22+,23-,25+,26-;15-,17+,18-,19-,20+,21-,23+,24-;16-,18+,19-,20-,21+,22-,24-,25+/m1111/s1. The maximum Gasteiger partial charge on any atom is 0.417 e. The van der Waals surface area contributed by atoms with Crippen LogP contribution in [0.3, 0.4) is 0 Å². The molecule has 0 spiro atoms. The average molecular weight is 1700 g/mol. The van der Waals surface area contributed by atoms with Crippen LogP contribution in [0.4, 0.5) is 13.2 Å². The van der Waals surface area contributed by atoms with Gasteiger partial charge in [-0.1, -0.05) is 58.9 Å². The number of halogens is 3. The first-order chi connectivity index (χ1) is 56.4. The summed E-state index contributed by atoms with van der Waals surface area (Å²) < 4.78 is 45.6. The molecule has 16 heteroatoms. The van der Waals surface area contributed by atoms with Crippen LogP contribution in [0.15, 0.2) is 70.1 Å². The van der Waals surface area contributed by atoms with E-state index in [0.29, 0.717) is 91.4 Å². The molecule has 652 valence electrons. The minimum atomic E-state index is -4.53. The van der Waals surface area contributed by atoms with Crippen LogP contribution >= 0.6 is 45.3 Å². The van der Waals surface area contributed by atoms with Crippen molar-refractivity contribution in [2.75, 3.05) is 13.7 Å². The number of alkyl halides is 3. The molecule has 0 aromatic carbocycles. The first-order valence-corrected chi connectivity index (χ1v) is 51.5. The van der Waals surface area contributed by atoms with Gasteiger partial charge >= 0.3 is 6.18 Å². The summed E-state index contributed by atoms with van der Waals surface area (Å²) in [7, 11) is 1.71. The van der Waals surface area contributed by atoms with Gasteiger partial charge in [0.25, 0.3) is 0 Å². The van der Waals surface area contributed by atoms with Crippen LogP contribution in [0.2, 0.25) is 0 Å². The minimum Gasteiger partial charge on any atom is -0.390 e. The summed E-state index contributed by atoms with van der Waals surface area (Å²) in [5.41, 5.74) is -3.16. The predicted octanol–water partition coefficient (Wildman–Crippen LogP) is 24.1. The van der Waals surface area contributed by atoms with E-state index in [1.54, 1.807) is 52.5 Å². The molecule has 32 atom stereocenters. The molecule has 0 saturated heterocycles. The van der Waals surface area contributed by atoms with Crippen LogP contribution in [0.1, 0.15) is 299 Å². The Balaban J connectivity index is 0.000000113. The van der Waals surface area contributed by atoms with Gasteiger partial charge in [-0.15, -0.1) is 45.3 Å². The Morgan fingerprint density at radius 1 is 0.356 bits per heavy atom. The lowest BCUT2D eigenvalue weighted by Crippen LogP contribution is -2.55. The Bertz CT molecular complexity index is 4080. The predicted molar refractivity (Wildman–Crippen MR) is 468 cm³/mol. The fourth-order valence-corrected chi connectivity index (χ4v) is 36.7. The number of hydrogen-bond donors (Lipinski definition) is 4. The highest BCUT2D eigenvalue weighted by molar-refractivity contribution is 7.10. The number of rotatable bonds is 15. The van der Waals surface area contributed by atoms with E-state index in [0.717, 1.165) is 197 Å². The third-order valence-electron chi connectivity index (χ3n) is 39.3. The zero-order valence-electron chi connectivity index (χ0n) is 72.6. The second-order valence-electron chi connectivity index (χ2n) is 44.6. The Labute approximate surface area is 721 Å². The number of fused-ring (bicyclic) bond motifs is 20. The third kappa shape index (κ3) is 16.5. The second kappa shape index (κ2) is 34.3. The highest BCUT2D eigenvalue weighted by Gasteiger charge is 2.66. The molecule has 4 heterocycles. The second-order valence-corrected chi connectivity index (χ2v) is 48.7. The van der Waals surface area contributed by atoms with Crippen molar-refractivity contribution in [2.45, 2.75) is 333 Å². The van der Waals surface area contributed by atoms with Gasteiger partial charge in [-0.2, -0.15) is 13.2 Å². The first kappa shape index (κ1) is 87.2. The molecule has 0 radical (unpaired) electrons. The van der Waals surface area contributed by atoms with Gasteiger partial charge in [0.05, 0.1) is 23.4 Å². The molecule has 16 aliphatic rings. The van der Waals surface area contributed by atoms with E-state index in [1.165, 1.54) is 124 Å². The van der Waals surface area contributed by atoms with Crippen molar-refractivity contribution >= 4 is 68.5 Å². The van der Waals surface area contributed by atoms with Gasteiger partial charge in [0.15, 0.2) is 5.60 Å². The SMILES string of the molecule is CC[C@@]1(O)CC[C@H]2[C@H](CC[C@@H]3[C@@H]2CC[C@]2(C)[C@@H](C(=O)Cc4cccs4)CC[C@@H]32)C1.COC[C@@]1(O)CC[C@H]2[C@H](CC[C@@H]3[C@@H]2CC[C@]2(C)[C@@H](C(=O)Cc4cccs4)CC[C@@H]32)C1.C[C@@]1(O)CC[C@H]2[C@H](CC[C@@H]3[C@@H]2CC[C@]2(C)[C@@H](C(=O)Cc4cccs4)CC[C@@H]32)C1.C[C@]12CC[C@H]3[C@@H](CC[C@@H]4C[C@@](O)(C(F)(F)F)CC[C@@H]43)[C@@H]1CC[C@@H]2C(=O)Cc1cccs1. The Morgan fingerprint density at radius 2 is 0.644 bits per heavy atom. The average Bonchev–Trinajstić information content (AvgIpc) is 1.49. The number of carbonyl (C=O) groups is 4. The number of methoxy groups -OCH3 is 1. The summed E-state index contributed by atoms with van der Waals surface area (Å²) >= 11 is 6.83. The number of ether oxygens (including phenoxy) is 1. The molecule has 9 nitrogen and oxygen atoms in total. The van der Waals surface area contributed by atoms with E-state index in [9.17, 15) is 52.8 Å². The van der Waals surface area contributed by atoms with E-state index < -0.39 is 23.0 Å². The lowest BCUT2D eigenvalue weighted by atomic mass is 9.48. The summed E-state index contributed by atoms with van der Waals surface area (Å²) in [6.45, 7) is 14.4. The Kier molecular flexibility index (Phi) is 25.4. The fourth-order valence-electron chi connectivity index (χ4n) is 33.8. The van der Waals surface area contributed by atoms with Crippen molar-refractivity contribution in [3.63, 3.8) is 0 Å². The Hall–Kier alpha value is -2.93. The van der Waals surface area contributed by atoms with Gasteiger partial charge in [-0.05, 0) is 430 Å². The monoisotopic (exact) mass is 1700 g/mol. The first-order valence-electron chi connectivity index (χ1n) is 48.0. The Morgan fingerprint density at radius 3 is 0.949 bits per heavy atom. The largest absolute Gasteiger partial charge is 0.417 e. The fraction of sp³-hybridized carbons (Fsp3) is 0.804. The van der Waals surface area contributed by atoms with E-state index in [-0.39, 0.29) is 69.7 Å². The van der Waals surface area contributed by atoms with Crippen LogP contribution in [-0.2, 0) is 49.6 Å². The number of aliphatic hydroxyl groups is 4. The van der Waals surface area contributed by atoms with Gasteiger partial charge in [0, 0.05) is 76.0 Å². The number of Topliss-reactive ketones (excluding diaryl/α,β-unsaturated/α-hetero) is 4. The van der Waals surface area contributed by atoms with Crippen LogP contribution in [-0.4, -0.2) is 85.9 Å². The topological polar surface area (TPSA) is 158 Å². The maximum absolute atomic E-state index is 13.4. The molecular formula is C102H145F3O9S4. The zero-order chi connectivity index (χ0) is 82.7. The number of thiophene rings is 4. The molecule has 0 aliphatic heterocycles. The summed E-state index contributed by atoms with van der Waals surface area (Å²) in [5.74, 6) is 16.6. The molecule has 4 aromatic heterocycles. The highest BCUT2D eigenvalue weighted by atomic mass is 32.1. The number of ketones is 4. The van der Waals surface area contributed by atoms with Gasteiger partial charge in [0.1, 0.15) is 23.1 Å².